The van der Waals surface area contributed by atoms with E-state index < -0.39 is 0 Å². The maximum absolute atomic E-state index is 5.97. The van der Waals surface area contributed by atoms with Crippen LogP contribution in [-0.4, -0.2) is 54.2 Å². The molecule has 0 saturated carbocycles. The number of nitrogens with zero attached hydrogens (tertiary/aromatic N) is 3. The molecule has 2 heterocycles. The first kappa shape index (κ1) is 13.1. The number of benzene rings is 1. The van der Waals surface area contributed by atoms with E-state index in [0.29, 0.717) is 18.5 Å². The van der Waals surface area contributed by atoms with Gasteiger partial charge < -0.3 is 15.8 Å². The van der Waals surface area contributed by atoms with Crippen LogP contribution in [0.1, 0.15) is 0 Å². The van der Waals surface area contributed by atoms with E-state index in [4.69, 9.17) is 10.5 Å². The van der Waals surface area contributed by atoms with E-state index in [1.165, 1.54) is 6.33 Å². The average Bonchev–Trinajstić information content (AvgIpc) is 2.46. The van der Waals surface area contributed by atoms with Crippen molar-refractivity contribution >= 4 is 16.7 Å². The molecule has 0 amide bonds. The van der Waals surface area contributed by atoms with E-state index in [2.05, 4.69) is 27.2 Å². The normalized spacial score (nSPS) is 20.1. The van der Waals surface area contributed by atoms with Crippen molar-refractivity contribution in [2.45, 2.75) is 6.04 Å². The summed E-state index contributed by atoms with van der Waals surface area (Å²) in [6, 6.07) is 6.12. The summed E-state index contributed by atoms with van der Waals surface area (Å²) >= 11 is 0. The lowest BCUT2D eigenvalue weighted by atomic mass is 10.2. The second-order valence-corrected chi connectivity index (χ2v) is 5.06. The van der Waals surface area contributed by atoms with E-state index in [9.17, 15) is 0 Å². The zero-order valence-electron chi connectivity index (χ0n) is 11.5. The molecule has 20 heavy (non-hydrogen) atoms. The van der Waals surface area contributed by atoms with Crippen LogP contribution in [0.5, 0.6) is 5.75 Å². The molecule has 2 aromatic rings. The topological polar surface area (TPSA) is 76.3 Å². The van der Waals surface area contributed by atoms with Crippen LogP contribution in [0.25, 0.3) is 10.9 Å². The zero-order valence-corrected chi connectivity index (χ0v) is 11.5. The van der Waals surface area contributed by atoms with Crippen LogP contribution < -0.4 is 15.8 Å². The SMILES string of the molecule is CN1CCNC[C@@H]1COc1cccc2ncnc(N)c12. The van der Waals surface area contributed by atoms with Crippen molar-refractivity contribution in [1.29, 1.82) is 0 Å². The second kappa shape index (κ2) is 5.60. The highest BCUT2D eigenvalue weighted by atomic mass is 16.5. The first-order valence-corrected chi connectivity index (χ1v) is 6.78. The van der Waals surface area contributed by atoms with Gasteiger partial charge in [0, 0.05) is 19.6 Å². The second-order valence-electron chi connectivity index (χ2n) is 5.06. The van der Waals surface area contributed by atoms with Gasteiger partial charge in [-0.1, -0.05) is 6.07 Å². The molecule has 6 heteroatoms. The van der Waals surface area contributed by atoms with Gasteiger partial charge in [0.25, 0.3) is 0 Å². The monoisotopic (exact) mass is 273 g/mol. The Hall–Kier alpha value is -1.92. The van der Waals surface area contributed by atoms with E-state index in [1.807, 2.05) is 18.2 Å². The lowest BCUT2D eigenvalue weighted by molar-refractivity contribution is 0.137. The fourth-order valence-corrected chi connectivity index (χ4v) is 2.46. The molecular formula is C14H19N5O. The Kier molecular flexibility index (Phi) is 3.66. The van der Waals surface area contributed by atoms with Crippen LogP contribution in [0.3, 0.4) is 0 Å². The van der Waals surface area contributed by atoms with Crippen molar-refractivity contribution in [2.24, 2.45) is 0 Å². The maximum Gasteiger partial charge on any atom is 0.138 e. The van der Waals surface area contributed by atoms with Crippen molar-refractivity contribution in [3.05, 3.63) is 24.5 Å². The molecule has 1 fully saturated rings. The molecular weight excluding hydrogens is 254 g/mol. The molecule has 0 radical (unpaired) electrons. The first-order chi connectivity index (χ1) is 9.75. The van der Waals surface area contributed by atoms with Gasteiger partial charge in [-0.2, -0.15) is 0 Å². The van der Waals surface area contributed by atoms with Gasteiger partial charge in [-0.25, -0.2) is 9.97 Å². The van der Waals surface area contributed by atoms with Crippen molar-refractivity contribution in [1.82, 2.24) is 20.2 Å². The van der Waals surface area contributed by atoms with Gasteiger partial charge >= 0.3 is 0 Å². The quantitative estimate of drug-likeness (QED) is 0.848. The Bertz CT molecular complexity index is 598. The third-order valence-electron chi connectivity index (χ3n) is 3.73. The highest BCUT2D eigenvalue weighted by Crippen LogP contribution is 2.28. The lowest BCUT2D eigenvalue weighted by Crippen LogP contribution is -2.51. The molecule has 3 rings (SSSR count). The summed E-state index contributed by atoms with van der Waals surface area (Å²) in [6.45, 7) is 3.63. The minimum absolute atomic E-state index is 0.366. The number of likely N-dealkylation sites (N-methyl/N-ethyl adjacent to an activating group) is 1. The van der Waals surface area contributed by atoms with Crippen LogP contribution >= 0.6 is 0 Å². The summed E-state index contributed by atoms with van der Waals surface area (Å²) in [7, 11) is 2.12. The van der Waals surface area contributed by atoms with E-state index in [1.54, 1.807) is 0 Å². The molecule has 1 saturated heterocycles. The molecule has 1 aromatic carbocycles. The summed E-state index contributed by atoms with van der Waals surface area (Å²) < 4.78 is 5.97. The van der Waals surface area contributed by atoms with Crippen molar-refractivity contribution in [3.8, 4) is 5.75 Å². The lowest BCUT2D eigenvalue weighted by Gasteiger charge is -2.32. The van der Waals surface area contributed by atoms with Crippen molar-refractivity contribution in [3.63, 3.8) is 0 Å². The van der Waals surface area contributed by atoms with Crippen LogP contribution in [0.4, 0.5) is 5.82 Å². The molecule has 0 unspecified atom stereocenters. The Morgan fingerprint density at radius 1 is 1.45 bits per heavy atom. The van der Waals surface area contributed by atoms with E-state index >= 15 is 0 Å². The Morgan fingerprint density at radius 3 is 3.20 bits per heavy atom. The number of anilines is 1. The fraction of sp³-hybridized carbons (Fsp3) is 0.429. The number of nitrogen functional groups attached to an aromatic ring is 1. The van der Waals surface area contributed by atoms with Crippen LogP contribution in [0.2, 0.25) is 0 Å². The van der Waals surface area contributed by atoms with Gasteiger partial charge in [0.2, 0.25) is 0 Å². The highest BCUT2D eigenvalue weighted by molar-refractivity contribution is 5.93. The molecule has 3 N–H and O–H groups in total. The number of hydrogen-bond acceptors (Lipinski definition) is 6. The summed E-state index contributed by atoms with van der Waals surface area (Å²) in [4.78, 5) is 10.6. The van der Waals surface area contributed by atoms with Crippen molar-refractivity contribution in [2.75, 3.05) is 39.0 Å². The smallest absolute Gasteiger partial charge is 0.138 e. The zero-order chi connectivity index (χ0) is 13.9. The third kappa shape index (κ3) is 2.52. The maximum atomic E-state index is 5.97. The molecule has 1 aromatic heterocycles. The van der Waals surface area contributed by atoms with Gasteiger partial charge in [0.15, 0.2) is 0 Å². The number of fused-ring (bicyclic) bond motifs is 1. The van der Waals surface area contributed by atoms with Gasteiger partial charge in [-0.15, -0.1) is 0 Å². The average molecular weight is 273 g/mol. The molecule has 0 spiro atoms. The summed E-state index contributed by atoms with van der Waals surface area (Å²) in [5, 5.41) is 4.17. The van der Waals surface area contributed by atoms with Crippen LogP contribution in [-0.2, 0) is 0 Å². The molecule has 106 valence electrons. The molecule has 1 atom stereocenters. The Balaban J connectivity index is 1.80. The predicted octanol–water partition coefficient (Wildman–Crippen LogP) is 0.494. The minimum atomic E-state index is 0.366. The number of hydrogen-bond donors (Lipinski definition) is 2. The molecule has 1 aliphatic heterocycles. The number of nitrogens with one attached hydrogen (secondary N) is 1. The number of ether oxygens (including phenoxy) is 1. The number of piperazine rings is 1. The molecule has 6 nitrogen and oxygen atoms in total. The predicted molar refractivity (Wildman–Crippen MR) is 78.7 cm³/mol. The minimum Gasteiger partial charge on any atom is -0.491 e. The Morgan fingerprint density at radius 2 is 2.35 bits per heavy atom. The van der Waals surface area contributed by atoms with Gasteiger partial charge in [-0.05, 0) is 19.2 Å². The first-order valence-electron chi connectivity index (χ1n) is 6.78. The highest BCUT2D eigenvalue weighted by Gasteiger charge is 2.19. The summed E-state index contributed by atoms with van der Waals surface area (Å²) in [5.74, 6) is 1.21. The molecule has 1 aliphatic rings. The van der Waals surface area contributed by atoms with Crippen LogP contribution in [0.15, 0.2) is 24.5 Å². The standard InChI is InChI=1S/C14H19N5O/c1-19-6-5-16-7-10(19)8-20-12-4-2-3-11-13(12)14(15)18-9-17-11/h2-4,9-10,16H,5-8H2,1H3,(H2,15,17,18)/t10-/m1/s1. The third-order valence-corrected chi connectivity index (χ3v) is 3.73. The van der Waals surface area contributed by atoms with Crippen LogP contribution in [0, 0.1) is 0 Å². The largest absolute Gasteiger partial charge is 0.491 e. The van der Waals surface area contributed by atoms with Crippen molar-refractivity contribution < 1.29 is 4.74 Å². The number of aromatic nitrogens is 2. The summed E-state index contributed by atoms with van der Waals surface area (Å²) in [5.41, 5.74) is 6.75. The van der Waals surface area contributed by atoms with Gasteiger partial charge in [-0.3, -0.25) is 4.90 Å². The number of nitrogens with two attached hydrogens (primary N) is 1. The van der Waals surface area contributed by atoms with Gasteiger partial charge in [0.1, 0.15) is 24.5 Å². The fourth-order valence-electron chi connectivity index (χ4n) is 2.46. The molecule has 0 aliphatic carbocycles. The Labute approximate surface area is 117 Å². The van der Waals surface area contributed by atoms with E-state index in [0.717, 1.165) is 36.3 Å². The van der Waals surface area contributed by atoms with E-state index in [-0.39, 0.29) is 0 Å². The van der Waals surface area contributed by atoms with Gasteiger partial charge in [0.05, 0.1) is 16.9 Å². The molecule has 0 bridgehead atoms. The number of rotatable bonds is 3. The summed E-state index contributed by atoms with van der Waals surface area (Å²) in [6.07, 6.45) is 1.47.